The van der Waals surface area contributed by atoms with Gasteiger partial charge in [0.15, 0.2) is 0 Å². The third kappa shape index (κ3) is 3.81. The summed E-state index contributed by atoms with van der Waals surface area (Å²) >= 11 is 0. The standard InChI is InChI=1S/C15H22N2O2S/c18-20(19,12-13-4-2-1-3-5-13)16-14-8-10-17(11-9-14)15-6-7-15/h1-5,14-16H,6-12H2. The molecule has 0 atom stereocenters. The zero-order valence-electron chi connectivity index (χ0n) is 11.7. The molecule has 0 unspecified atom stereocenters. The lowest BCUT2D eigenvalue weighted by Crippen LogP contribution is -2.45. The lowest BCUT2D eigenvalue weighted by atomic mass is 10.1. The van der Waals surface area contributed by atoms with Gasteiger partial charge in [0, 0.05) is 12.1 Å². The molecule has 2 fully saturated rings. The number of nitrogens with one attached hydrogen (secondary N) is 1. The molecule has 5 heteroatoms. The van der Waals surface area contributed by atoms with Gasteiger partial charge in [-0.25, -0.2) is 13.1 Å². The summed E-state index contributed by atoms with van der Waals surface area (Å²) in [4.78, 5) is 2.50. The summed E-state index contributed by atoms with van der Waals surface area (Å²) in [6, 6.07) is 10.3. The molecule has 4 nitrogen and oxygen atoms in total. The first-order valence-corrected chi connectivity index (χ1v) is 9.05. The molecule has 0 amide bonds. The van der Waals surface area contributed by atoms with Gasteiger partial charge < -0.3 is 4.90 Å². The molecule has 1 N–H and O–H groups in total. The first-order valence-electron chi connectivity index (χ1n) is 7.40. The third-order valence-corrected chi connectivity index (χ3v) is 5.54. The van der Waals surface area contributed by atoms with Crippen LogP contribution in [-0.4, -0.2) is 38.5 Å². The van der Waals surface area contributed by atoms with Gasteiger partial charge in [-0.2, -0.15) is 0 Å². The third-order valence-electron chi connectivity index (χ3n) is 4.14. The Kier molecular flexibility index (Phi) is 4.10. The molecule has 1 aromatic rings. The fourth-order valence-electron chi connectivity index (χ4n) is 2.91. The highest BCUT2D eigenvalue weighted by Crippen LogP contribution is 2.29. The molecule has 20 heavy (non-hydrogen) atoms. The van der Waals surface area contributed by atoms with Crippen molar-refractivity contribution in [1.29, 1.82) is 0 Å². The number of hydrogen-bond donors (Lipinski definition) is 1. The van der Waals surface area contributed by atoms with Crippen LogP contribution in [0.4, 0.5) is 0 Å². The Hall–Kier alpha value is -0.910. The van der Waals surface area contributed by atoms with E-state index in [2.05, 4.69) is 9.62 Å². The second-order valence-electron chi connectivity index (χ2n) is 5.90. The maximum Gasteiger partial charge on any atom is 0.216 e. The molecule has 0 bridgehead atoms. The van der Waals surface area contributed by atoms with E-state index < -0.39 is 10.0 Å². The van der Waals surface area contributed by atoms with Crippen LogP contribution >= 0.6 is 0 Å². The Bertz CT molecular complexity index is 532. The molecule has 1 saturated carbocycles. The molecule has 1 aliphatic heterocycles. The van der Waals surface area contributed by atoms with E-state index in [9.17, 15) is 8.42 Å². The molecule has 2 aliphatic rings. The molecule has 1 aromatic carbocycles. The van der Waals surface area contributed by atoms with Crippen LogP contribution in [0, 0.1) is 0 Å². The fourth-order valence-corrected chi connectivity index (χ4v) is 4.37. The van der Waals surface area contributed by atoms with Crippen molar-refractivity contribution < 1.29 is 8.42 Å². The van der Waals surface area contributed by atoms with Gasteiger partial charge in [0.05, 0.1) is 5.75 Å². The van der Waals surface area contributed by atoms with Crippen LogP contribution in [0.1, 0.15) is 31.2 Å². The van der Waals surface area contributed by atoms with Crippen LogP contribution in [-0.2, 0) is 15.8 Å². The highest BCUT2D eigenvalue weighted by molar-refractivity contribution is 7.88. The minimum absolute atomic E-state index is 0.0800. The molecule has 110 valence electrons. The Morgan fingerprint density at radius 1 is 1.05 bits per heavy atom. The molecule has 0 spiro atoms. The molecular formula is C15H22N2O2S. The van der Waals surface area contributed by atoms with E-state index in [0.717, 1.165) is 37.5 Å². The second-order valence-corrected chi connectivity index (χ2v) is 7.66. The lowest BCUT2D eigenvalue weighted by Gasteiger charge is -2.32. The lowest BCUT2D eigenvalue weighted by molar-refractivity contribution is 0.199. The van der Waals surface area contributed by atoms with Crippen LogP contribution in [0.5, 0.6) is 0 Å². The van der Waals surface area contributed by atoms with Crippen molar-refractivity contribution >= 4 is 10.0 Å². The van der Waals surface area contributed by atoms with Gasteiger partial charge >= 0.3 is 0 Å². The first-order chi connectivity index (χ1) is 9.62. The van der Waals surface area contributed by atoms with E-state index in [-0.39, 0.29) is 11.8 Å². The number of nitrogens with zero attached hydrogens (tertiary/aromatic N) is 1. The van der Waals surface area contributed by atoms with Crippen LogP contribution < -0.4 is 4.72 Å². The van der Waals surface area contributed by atoms with Gasteiger partial charge in [-0.15, -0.1) is 0 Å². The van der Waals surface area contributed by atoms with Crippen LogP contribution in [0.15, 0.2) is 30.3 Å². The molecule has 0 radical (unpaired) electrons. The second kappa shape index (κ2) is 5.84. The summed E-state index contributed by atoms with van der Waals surface area (Å²) in [6.07, 6.45) is 4.52. The number of sulfonamides is 1. The van der Waals surface area contributed by atoms with Crippen LogP contribution in [0.3, 0.4) is 0 Å². The number of hydrogen-bond acceptors (Lipinski definition) is 3. The fraction of sp³-hybridized carbons (Fsp3) is 0.600. The van der Waals surface area contributed by atoms with E-state index in [0.29, 0.717) is 0 Å². The van der Waals surface area contributed by atoms with E-state index >= 15 is 0 Å². The topological polar surface area (TPSA) is 49.4 Å². The van der Waals surface area contributed by atoms with Gasteiger partial charge in [-0.1, -0.05) is 30.3 Å². The van der Waals surface area contributed by atoms with Crippen molar-refractivity contribution in [2.45, 2.75) is 43.5 Å². The van der Waals surface area contributed by atoms with E-state index in [4.69, 9.17) is 0 Å². The molecule has 1 aliphatic carbocycles. The number of piperidine rings is 1. The summed E-state index contributed by atoms with van der Waals surface area (Å²) in [5.74, 6) is 0.0800. The Morgan fingerprint density at radius 3 is 2.30 bits per heavy atom. The predicted octanol–water partition coefficient (Wildman–Crippen LogP) is 1.73. The van der Waals surface area contributed by atoms with E-state index in [1.54, 1.807) is 0 Å². The van der Waals surface area contributed by atoms with Gasteiger partial charge in [0.25, 0.3) is 0 Å². The van der Waals surface area contributed by atoms with Crippen LogP contribution in [0.2, 0.25) is 0 Å². The SMILES string of the molecule is O=S(=O)(Cc1ccccc1)NC1CCN(C2CC2)CC1. The quantitative estimate of drug-likeness (QED) is 0.900. The molecule has 0 aromatic heterocycles. The Labute approximate surface area is 121 Å². The van der Waals surface area contributed by atoms with Crippen molar-refractivity contribution in [2.24, 2.45) is 0 Å². The normalized spacial score (nSPS) is 22.0. The van der Waals surface area contributed by atoms with Gasteiger partial charge in [0.1, 0.15) is 0 Å². The highest BCUT2D eigenvalue weighted by Gasteiger charge is 2.32. The average molecular weight is 294 g/mol. The minimum atomic E-state index is -3.22. The van der Waals surface area contributed by atoms with Crippen molar-refractivity contribution in [3.8, 4) is 0 Å². The van der Waals surface area contributed by atoms with Crippen molar-refractivity contribution in [1.82, 2.24) is 9.62 Å². The van der Waals surface area contributed by atoms with Crippen molar-refractivity contribution in [3.05, 3.63) is 35.9 Å². The number of rotatable bonds is 5. The Morgan fingerprint density at radius 2 is 1.70 bits per heavy atom. The largest absolute Gasteiger partial charge is 0.300 e. The van der Waals surface area contributed by atoms with E-state index in [1.165, 1.54) is 12.8 Å². The van der Waals surface area contributed by atoms with E-state index in [1.807, 2.05) is 30.3 Å². The summed E-state index contributed by atoms with van der Waals surface area (Å²) in [5.41, 5.74) is 0.843. The Balaban J connectivity index is 1.52. The number of likely N-dealkylation sites (tertiary alicyclic amines) is 1. The predicted molar refractivity (Wildman–Crippen MR) is 79.8 cm³/mol. The summed E-state index contributed by atoms with van der Waals surface area (Å²) in [7, 11) is -3.22. The monoisotopic (exact) mass is 294 g/mol. The number of benzene rings is 1. The zero-order chi connectivity index (χ0) is 14.0. The summed E-state index contributed by atoms with van der Waals surface area (Å²) in [5, 5.41) is 0. The van der Waals surface area contributed by atoms with Crippen LogP contribution in [0.25, 0.3) is 0 Å². The first kappa shape index (κ1) is 14.0. The minimum Gasteiger partial charge on any atom is -0.300 e. The maximum absolute atomic E-state index is 12.2. The van der Waals surface area contributed by atoms with Crippen molar-refractivity contribution in [3.63, 3.8) is 0 Å². The highest BCUT2D eigenvalue weighted by atomic mass is 32.2. The average Bonchev–Trinajstić information content (AvgIpc) is 3.24. The molecule has 3 rings (SSSR count). The summed E-state index contributed by atoms with van der Waals surface area (Å²) in [6.45, 7) is 2.06. The summed E-state index contributed by atoms with van der Waals surface area (Å²) < 4.78 is 27.2. The zero-order valence-corrected chi connectivity index (χ0v) is 12.5. The van der Waals surface area contributed by atoms with Gasteiger partial charge in [-0.05, 0) is 44.3 Å². The van der Waals surface area contributed by atoms with Crippen molar-refractivity contribution in [2.75, 3.05) is 13.1 Å². The maximum atomic E-state index is 12.2. The smallest absolute Gasteiger partial charge is 0.216 e. The molecular weight excluding hydrogens is 272 g/mol. The molecule has 1 heterocycles. The molecule has 1 saturated heterocycles. The van der Waals surface area contributed by atoms with Gasteiger partial charge in [-0.3, -0.25) is 0 Å². The van der Waals surface area contributed by atoms with Gasteiger partial charge in [0.2, 0.25) is 10.0 Å².